The molecule has 0 aromatic heterocycles. The van der Waals surface area contributed by atoms with Crippen LogP contribution in [0.3, 0.4) is 0 Å². The zero-order valence-electron chi connectivity index (χ0n) is 13.3. The molecule has 0 aliphatic carbocycles. The van der Waals surface area contributed by atoms with Crippen LogP contribution < -0.4 is 15.4 Å². The van der Waals surface area contributed by atoms with Crippen molar-refractivity contribution in [2.45, 2.75) is 6.92 Å². The third kappa shape index (κ3) is 4.51. The Balaban J connectivity index is 2.08. The first-order valence-electron chi connectivity index (χ1n) is 7.12. The van der Waals surface area contributed by atoms with Gasteiger partial charge in [0.1, 0.15) is 17.4 Å². The minimum Gasteiger partial charge on any atom is -0.497 e. The van der Waals surface area contributed by atoms with Crippen molar-refractivity contribution in [1.29, 1.82) is 5.26 Å². The van der Waals surface area contributed by atoms with Gasteiger partial charge in [0.05, 0.1) is 7.11 Å². The molecule has 2 aromatic rings. The van der Waals surface area contributed by atoms with Gasteiger partial charge in [-0.25, -0.2) is 0 Å². The van der Waals surface area contributed by atoms with E-state index in [4.69, 9.17) is 16.3 Å². The normalized spacial score (nSPS) is 10.7. The number of methoxy groups -OCH3 is 1. The second-order valence-corrected chi connectivity index (χ2v) is 5.39. The molecule has 5 nitrogen and oxygen atoms in total. The fourth-order valence-electron chi connectivity index (χ4n) is 1.96. The van der Waals surface area contributed by atoms with E-state index in [1.807, 2.05) is 13.0 Å². The van der Waals surface area contributed by atoms with Crippen molar-refractivity contribution in [3.8, 4) is 11.8 Å². The lowest BCUT2D eigenvalue weighted by atomic mass is 10.2. The summed E-state index contributed by atoms with van der Waals surface area (Å²) in [7, 11) is 1.56. The molecule has 0 bridgehead atoms. The highest BCUT2D eigenvalue weighted by atomic mass is 35.5. The number of nitrogens with one attached hydrogen (secondary N) is 2. The molecule has 2 aromatic carbocycles. The van der Waals surface area contributed by atoms with E-state index in [9.17, 15) is 10.1 Å². The second kappa shape index (κ2) is 8.04. The van der Waals surface area contributed by atoms with Gasteiger partial charge >= 0.3 is 0 Å². The van der Waals surface area contributed by atoms with E-state index in [2.05, 4.69) is 10.6 Å². The molecule has 0 fully saturated rings. The van der Waals surface area contributed by atoms with Gasteiger partial charge in [0.25, 0.3) is 5.91 Å². The number of carbonyl (C=O) groups excluding carboxylic acids is 1. The molecule has 1 amide bonds. The van der Waals surface area contributed by atoms with E-state index in [1.165, 1.54) is 6.20 Å². The number of nitrogens with zero attached hydrogens (tertiary/aromatic N) is 1. The van der Waals surface area contributed by atoms with Crippen molar-refractivity contribution in [1.82, 2.24) is 0 Å². The molecule has 0 saturated heterocycles. The first kappa shape index (κ1) is 17.4. The van der Waals surface area contributed by atoms with E-state index < -0.39 is 5.91 Å². The summed E-state index contributed by atoms with van der Waals surface area (Å²) in [5.74, 6) is 0.186. The number of hydrogen-bond acceptors (Lipinski definition) is 4. The lowest BCUT2D eigenvalue weighted by Gasteiger charge is -2.08. The van der Waals surface area contributed by atoms with E-state index >= 15 is 0 Å². The Hall–Kier alpha value is -2.97. The van der Waals surface area contributed by atoms with Gasteiger partial charge in [0, 0.05) is 22.6 Å². The van der Waals surface area contributed by atoms with Gasteiger partial charge in [-0.3, -0.25) is 4.79 Å². The minimum absolute atomic E-state index is 0.0415. The average Bonchev–Trinajstić information content (AvgIpc) is 2.57. The van der Waals surface area contributed by atoms with Crippen LogP contribution in [0.2, 0.25) is 5.02 Å². The minimum atomic E-state index is -0.498. The van der Waals surface area contributed by atoms with Crippen LogP contribution in [0.5, 0.6) is 5.75 Å². The van der Waals surface area contributed by atoms with Crippen molar-refractivity contribution in [3.05, 3.63) is 64.8 Å². The zero-order valence-corrected chi connectivity index (χ0v) is 14.0. The topological polar surface area (TPSA) is 74.1 Å². The van der Waals surface area contributed by atoms with Crippen molar-refractivity contribution >= 4 is 28.9 Å². The maximum absolute atomic E-state index is 12.2. The third-order valence-corrected chi connectivity index (χ3v) is 3.51. The standard InChI is InChI=1S/C18H16ClN3O2/c1-12-9-14(19)3-8-17(12)21-11-13(10-20)18(23)22-15-4-6-16(24-2)7-5-15/h3-9,11,21H,1-2H3,(H,22,23)/b13-11-. The van der Waals surface area contributed by atoms with E-state index in [0.29, 0.717) is 16.5 Å². The summed E-state index contributed by atoms with van der Waals surface area (Å²) < 4.78 is 5.05. The Bertz CT molecular complexity index is 808. The van der Waals surface area contributed by atoms with Crippen LogP contribution in [0.25, 0.3) is 0 Å². The molecule has 2 rings (SSSR count). The lowest BCUT2D eigenvalue weighted by Crippen LogP contribution is -2.14. The monoisotopic (exact) mass is 341 g/mol. The van der Waals surface area contributed by atoms with Crippen LogP contribution in [0.1, 0.15) is 5.56 Å². The fourth-order valence-corrected chi connectivity index (χ4v) is 2.19. The van der Waals surface area contributed by atoms with Gasteiger partial charge in [0.2, 0.25) is 0 Å². The molecule has 122 valence electrons. The maximum Gasteiger partial charge on any atom is 0.267 e. The van der Waals surface area contributed by atoms with Crippen LogP contribution >= 0.6 is 11.6 Å². The quantitative estimate of drug-likeness (QED) is 0.634. The maximum atomic E-state index is 12.2. The van der Waals surface area contributed by atoms with E-state index in [-0.39, 0.29) is 5.57 Å². The van der Waals surface area contributed by atoms with Crippen molar-refractivity contribution < 1.29 is 9.53 Å². The molecule has 0 saturated carbocycles. The Morgan fingerprint density at radius 1 is 1.25 bits per heavy atom. The summed E-state index contributed by atoms with van der Waals surface area (Å²) in [5.41, 5.74) is 2.21. The Labute approximate surface area is 145 Å². The molecule has 0 atom stereocenters. The summed E-state index contributed by atoms with van der Waals surface area (Å²) in [6.07, 6.45) is 1.37. The van der Waals surface area contributed by atoms with Gasteiger partial charge in [-0.05, 0) is 55.0 Å². The van der Waals surface area contributed by atoms with Crippen molar-refractivity contribution in [3.63, 3.8) is 0 Å². The van der Waals surface area contributed by atoms with Crippen LogP contribution in [0.15, 0.2) is 54.2 Å². The van der Waals surface area contributed by atoms with Crippen LogP contribution in [-0.4, -0.2) is 13.0 Å². The molecule has 0 aliphatic heterocycles. The number of halogens is 1. The molecule has 6 heteroatoms. The van der Waals surface area contributed by atoms with E-state index in [0.717, 1.165) is 11.3 Å². The summed E-state index contributed by atoms with van der Waals surface area (Å²) >= 11 is 5.90. The lowest BCUT2D eigenvalue weighted by molar-refractivity contribution is -0.112. The number of ether oxygens (including phenoxy) is 1. The first-order chi connectivity index (χ1) is 11.5. The highest BCUT2D eigenvalue weighted by molar-refractivity contribution is 6.30. The fraction of sp³-hybridized carbons (Fsp3) is 0.111. The van der Waals surface area contributed by atoms with Crippen molar-refractivity contribution in [2.24, 2.45) is 0 Å². The first-order valence-corrected chi connectivity index (χ1v) is 7.49. The molecule has 2 N–H and O–H groups in total. The number of hydrogen-bond donors (Lipinski definition) is 2. The zero-order chi connectivity index (χ0) is 17.5. The molecule has 24 heavy (non-hydrogen) atoms. The predicted molar refractivity (Wildman–Crippen MR) is 95.1 cm³/mol. The summed E-state index contributed by atoms with van der Waals surface area (Å²) in [6.45, 7) is 1.88. The number of rotatable bonds is 5. The number of aryl methyl sites for hydroxylation is 1. The molecular weight excluding hydrogens is 326 g/mol. The molecule has 0 heterocycles. The SMILES string of the molecule is COc1ccc(NC(=O)/C(C#N)=C\Nc2ccc(Cl)cc2C)cc1. The highest BCUT2D eigenvalue weighted by Gasteiger charge is 2.09. The molecule has 0 radical (unpaired) electrons. The Morgan fingerprint density at radius 3 is 2.54 bits per heavy atom. The largest absolute Gasteiger partial charge is 0.497 e. The molecule has 0 spiro atoms. The molecule has 0 unspecified atom stereocenters. The predicted octanol–water partition coefficient (Wildman–Crippen LogP) is 4.12. The Kier molecular flexibility index (Phi) is 5.83. The molecule has 0 aliphatic rings. The number of amides is 1. The van der Waals surface area contributed by atoms with Crippen LogP contribution in [-0.2, 0) is 4.79 Å². The van der Waals surface area contributed by atoms with Gasteiger partial charge < -0.3 is 15.4 Å². The number of nitriles is 1. The smallest absolute Gasteiger partial charge is 0.267 e. The average molecular weight is 342 g/mol. The van der Waals surface area contributed by atoms with E-state index in [1.54, 1.807) is 49.6 Å². The van der Waals surface area contributed by atoms with Gasteiger partial charge in [-0.1, -0.05) is 11.6 Å². The van der Waals surface area contributed by atoms with Gasteiger partial charge in [0.15, 0.2) is 0 Å². The number of benzene rings is 2. The Morgan fingerprint density at radius 2 is 1.96 bits per heavy atom. The number of carbonyl (C=O) groups is 1. The van der Waals surface area contributed by atoms with Crippen LogP contribution in [0, 0.1) is 18.3 Å². The summed E-state index contributed by atoms with van der Waals surface area (Å²) in [6, 6.07) is 14.0. The second-order valence-electron chi connectivity index (χ2n) is 4.96. The third-order valence-electron chi connectivity index (χ3n) is 3.27. The van der Waals surface area contributed by atoms with Crippen molar-refractivity contribution in [2.75, 3.05) is 17.7 Å². The van der Waals surface area contributed by atoms with Crippen LogP contribution in [0.4, 0.5) is 11.4 Å². The highest BCUT2D eigenvalue weighted by Crippen LogP contribution is 2.20. The molecular formula is C18H16ClN3O2. The van der Waals surface area contributed by atoms with Gasteiger partial charge in [-0.2, -0.15) is 5.26 Å². The van der Waals surface area contributed by atoms with Gasteiger partial charge in [-0.15, -0.1) is 0 Å². The summed E-state index contributed by atoms with van der Waals surface area (Å²) in [4.78, 5) is 12.2. The summed E-state index contributed by atoms with van der Waals surface area (Å²) in [5, 5.41) is 15.4. The number of anilines is 2.